The van der Waals surface area contributed by atoms with Crippen LogP contribution in [0.1, 0.15) is 43.0 Å². The van der Waals surface area contributed by atoms with Crippen LogP contribution in [0.4, 0.5) is 5.82 Å². The van der Waals surface area contributed by atoms with Gasteiger partial charge in [0.05, 0.1) is 10.6 Å². The fourth-order valence-electron chi connectivity index (χ4n) is 2.75. The Hall–Kier alpha value is -1.33. The number of carbonyl (C=O) groups is 1. The molecule has 2 heterocycles. The molecule has 0 aliphatic carbocycles. The van der Waals surface area contributed by atoms with Gasteiger partial charge in [-0.25, -0.2) is 4.98 Å². The molecule has 1 unspecified atom stereocenters. The van der Waals surface area contributed by atoms with E-state index in [0.717, 1.165) is 32.4 Å². The Kier molecular flexibility index (Phi) is 5.82. The number of piperidine rings is 1. The lowest BCUT2D eigenvalue weighted by atomic mass is 9.98. The summed E-state index contributed by atoms with van der Waals surface area (Å²) in [5.41, 5.74) is 0.479. The maximum Gasteiger partial charge on any atom is 0.255 e. The number of pyridine rings is 1. The lowest BCUT2D eigenvalue weighted by molar-refractivity contribution is 0.0575. The van der Waals surface area contributed by atoms with E-state index in [9.17, 15) is 9.90 Å². The monoisotopic (exact) mass is 311 g/mol. The molecule has 116 valence electrons. The standard InChI is InChI=1S/C15H22ClN3O2/c1-2-17-14-9-12(13(16)10-18-14)15(21)19-7-4-3-5-11(19)6-8-20/h9-11,20H,2-8H2,1H3,(H,17,18). The Labute approximate surface area is 130 Å². The predicted molar refractivity (Wildman–Crippen MR) is 83.8 cm³/mol. The number of nitrogens with zero attached hydrogens (tertiary/aromatic N) is 2. The molecule has 1 atom stereocenters. The third kappa shape index (κ3) is 3.86. The van der Waals surface area contributed by atoms with Crippen LogP contribution in [0.2, 0.25) is 5.02 Å². The molecule has 1 amide bonds. The van der Waals surface area contributed by atoms with Crippen LogP contribution in [0.3, 0.4) is 0 Å². The summed E-state index contributed by atoms with van der Waals surface area (Å²) in [5, 5.41) is 12.6. The van der Waals surface area contributed by atoms with E-state index in [0.29, 0.717) is 22.8 Å². The topological polar surface area (TPSA) is 65.5 Å². The molecular formula is C15H22ClN3O2. The molecule has 2 rings (SSSR count). The van der Waals surface area contributed by atoms with Crippen molar-refractivity contribution in [2.75, 3.05) is 25.0 Å². The van der Waals surface area contributed by atoms with Gasteiger partial charge in [-0.15, -0.1) is 0 Å². The molecule has 1 aliphatic heterocycles. The first kappa shape index (κ1) is 16.0. The molecule has 0 spiro atoms. The number of hydrogen-bond acceptors (Lipinski definition) is 4. The Balaban J connectivity index is 2.22. The van der Waals surface area contributed by atoms with Crippen molar-refractivity contribution < 1.29 is 9.90 Å². The molecule has 2 N–H and O–H groups in total. The molecule has 0 radical (unpaired) electrons. The zero-order valence-electron chi connectivity index (χ0n) is 12.3. The highest BCUT2D eigenvalue weighted by Crippen LogP contribution is 2.25. The van der Waals surface area contributed by atoms with Crippen LogP contribution in [0.5, 0.6) is 0 Å². The van der Waals surface area contributed by atoms with Crippen molar-refractivity contribution in [2.45, 2.75) is 38.6 Å². The van der Waals surface area contributed by atoms with E-state index in [2.05, 4.69) is 10.3 Å². The number of amides is 1. The largest absolute Gasteiger partial charge is 0.396 e. The van der Waals surface area contributed by atoms with Crippen molar-refractivity contribution in [2.24, 2.45) is 0 Å². The molecule has 1 aromatic rings. The average Bonchev–Trinajstić information content (AvgIpc) is 2.50. The molecule has 0 aromatic carbocycles. The molecular weight excluding hydrogens is 290 g/mol. The Morgan fingerprint density at radius 3 is 3.10 bits per heavy atom. The number of aliphatic hydroxyl groups is 1. The Morgan fingerprint density at radius 2 is 2.38 bits per heavy atom. The van der Waals surface area contributed by atoms with Crippen molar-refractivity contribution in [3.8, 4) is 0 Å². The van der Waals surface area contributed by atoms with Crippen molar-refractivity contribution in [3.63, 3.8) is 0 Å². The van der Waals surface area contributed by atoms with Gasteiger partial charge in [-0.3, -0.25) is 4.79 Å². The van der Waals surface area contributed by atoms with E-state index in [1.807, 2.05) is 11.8 Å². The minimum atomic E-state index is -0.0697. The highest BCUT2D eigenvalue weighted by Gasteiger charge is 2.28. The number of carbonyl (C=O) groups excluding carboxylic acids is 1. The van der Waals surface area contributed by atoms with Gasteiger partial charge in [-0.2, -0.15) is 0 Å². The fraction of sp³-hybridized carbons (Fsp3) is 0.600. The van der Waals surface area contributed by atoms with Gasteiger partial charge in [0.25, 0.3) is 5.91 Å². The van der Waals surface area contributed by atoms with Gasteiger partial charge in [0, 0.05) is 31.9 Å². The first-order valence-electron chi connectivity index (χ1n) is 7.48. The quantitative estimate of drug-likeness (QED) is 0.877. The highest BCUT2D eigenvalue weighted by atomic mass is 35.5. The van der Waals surface area contributed by atoms with Gasteiger partial charge in [0.1, 0.15) is 5.82 Å². The predicted octanol–water partition coefficient (Wildman–Crippen LogP) is 2.54. The van der Waals surface area contributed by atoms with E-state index in [4.69, 9.17) is 11.6 Å². The van der Waals surface area contributed by atoms with E-state index in [1.165, 1.54) is 6.20 Å². The number of aliphatic hydroxyl groups excluding tert-OH is 1. The van der Waals surface area contributed by atoms with Gasteiger partial charge < -0.3 is 15.3 Å². The van der Waals surface area contributed by atoms with Crippen LogP contribution < -0.4 is 5.32 Å². The van der Waals surface area contributed by atoms with Crippen LogP contribution >= 0.6 is 11.6 Å². The summed E-state index contributed by atoms with van der Waals surface area (Å²) in [4.78, 5) is 18.8. The molecule has 21 heavy (non-hydrogen) atoms. The Morgan fingerprint density at radius 1 is 1.57 bits per heavy atom. The highest BCUT2D eigenvalue weighted by molar-refractivity contribution is 6.33. The summed E-state index contributed by atoms with van der Waals surface area (Å²) in [5.74, 6) is 0.584. The molecule has 0 bridgehead atoms. The first-order valence-corrected chi connectivity index (χ1v) is 7.86. The molecule has 1 aromatic heterocycles. The second kappa shape index (κ2) is 7.61. The lowest BCUT2D eigenvalue weighted by Crippen LogP contribution is -2.44. The maximum absolute atomic E-state index is 12.8. The van der Waals surface area contributed by atoms with Crippen molar-refractivity contribution >= 4 is 23.3 Å². The zero-order chi connectivity index (χ0) is 15.2. The van der Waals surface area contributed by atoms with Gasteiger partial charge in [0.15, 0.2) is 0 Å². The molecule has 1 fully saturated rings. The minimum absolute atomic E-state index is 0.0697. The Bertz CT molecular complexity index is 494. The second-order valence-corrected chi connectivity index (χ2v) is 5.65. The number of aromatic nitrogens is 1. The van der Waals surface area contributed by atoms with Gasteiger partial charge in [-0.1, -0.05) is 11.6 Å². The van der Waals surface area contributed by atoms with Crippen LogP contribution in [0, 0.1) is 0 Å². The molecule has 5 nitrogen and oxygen atoms in total. The number of nitrogens with one attached hydrogen (secondary N) is 1. The molecule has 6 heteroatoms. The van der Waals surface area contributed by atoms with Crippen LogP contribution in [0.15, 0.2) is 12.3 Å². The fourth-order valence-corrected chi connectivity index (χ4v) is 2.94. The number of anilines is 1. The summed E-state index contributed by atoms with van der Waals surface area (Å²) >= 11 is 6.15. The summed E-state index contributed by atoms with van der Waals surface area (Å²) < 4.78 is 0. The smallest absolute Gasteiger partial charge is 0.255 e. The van der Waals surface area contributed by atoms with Crippen molar-refractivity contribution in [1.29, 1.82) is 0 Å². The third-order valence-corrected chi connectivity index (χ3v) is 4.10. The van der Waals surface area contributed by atoms with E-state index in [1.54, 1.807) is 6.07 Å². The summed E-state index contributed by atoms with van der Waals surface area (Å²) in [6, 6.07) is 1.81. The molecule has 1 saturated heterocycles. The molecule has 0 saturated carbocycles. The van der Waals surface area contributed by atoms with E-state index in [-0.39, 0.29) is 18.6 Å². The summed E-state index contributed by atoms with van der Waals surface area (Å²) in [7, 11) is 0. The zero-order valence-corrected chi connectivity index (χ0v) is 13.1. The minimum Gasteiger partial charge on any atom is -0.396 e. The first-order chi connectivity index (χ1) is 10.2. The van der Waals surface area contributed by atoms with Crippen LogP contribution in [0.25, 0.3) is 0 Å². The normalized spacial score (nSPS) is 18.6. The molecule has 1 aliphatic rings. The van der Waals surface area contributed by atoms with Crippen molar-refractivity contribution in [3.05, 3.63) is 22.8 Å². The van der Waals surface area contributed by atoms with Crippen LogP contribution in [-0.2, 0) is 0 Å². The number of likely N-dealkylation sites (tertiary alicyclic amines) is 1. The number of halogens is 1. The lowest BCUT2D eigenvalue weighted by Gasteiger charge is -2.35. The number of rotatable bonds is 5. The van der Waals surface area contributed by atoms with Gasteiger partial charge in [-0.05, 0) is 38.7 Å². The SMILES string of the molecule is CCNc1cc(C(=O)N2CCCCC2CCO)c(Cl)cn1. The maximum atomic E-state index is 12.8. The van der Waals surface area contributed by atoms with Crippen LogP contribution in [-0.4, -0.2) is 46.6 Å². The third-order valence-electron chi connectivity index (χ3n) is 3.79. The van der Waals surface area contributed by atoms with Gasteiger partial charge >= 0.3 is 0 Å². The summed E-state index contributed by atoms with van der Waals surface area (Å²) in [6.07, 6.45) is 5.17. The van der Waals surface area contributed by atoms with E-state index >= 15 is 0 Å². The van der Waals surface area contributed by atoms with Crippen molar-refractivity contribution in [1.82, 2.24) is 9.88 Å². The number of hydrogen-bond donors (Lipinski definition) is 2. The van der Waals surface area contributed by atoms with Gasteiger partial charge in [0.2, 0.25) is 0 Å². The second-order valence-electron chi connectivity index (χ2n) is 5.24. The van der Waals surface area contributed by atoms with E-state index < -0.39 is 0 Å². The summed E-state index contributed by atoms with van der Waals surface area (Å²) in [6.45, 7) is 3.53. The average molecular weight is 312 g/mol.